The highest BCUT2D eigenvalue weighted by Gasteiger charge is 2.50. The molecule has 18 heavy (non-hydrogen) atoms. The zero-order valence-electron chi connectivity index (χ0n) is 10.0. The van der Waals surface area contributed by atoms with Crippen molar-refractivity contribution in [3.8, 4) is 0 Å². The van der Waals surface area contributed by atoms with E-state index in [-0.39, 0.29) is 11.6 Å². The van der Waals surface area contributed by atoms with Crippen molar-refractivity contribution < 1.29 is 9.59 Å². The van der Waals surface area contributed by atoms with Gasteiger partial charge in [-0.25, -0.2) is 0 Å². The third kappa shape index (κ3) is 1.23. The molecule has 1 aliphatic carbocycles. The normalized spacial score (nSPS) is 16.7. The van der Waals surface area contributed by atoms with E-state index in [0.29, 0.717) is 11.1 Å². The van der Waals surface area contributed by atoms with Gasteiger partial charge in [0.2, 0.25) is 0 Å². The van der Waals surface area contributed by atoms with Gasteiger partial charge in [-0.1, -0.05) is 54.6 Å². The van der Waals surface area contributed by atoms with Crippen LogP contribution in [-0.2, 0) is 5.41 Å². The predicted molar refractivity (Wildman–Crippen MR) is 68.9 cm³/mol. The molecule has 2 heteroatoms. The number of rotatable bonds is 1. The van der Waals surface area contributed by atoms with E-state index in [0.717, 1.165) is 5.56 Å². The molecular formula is C16H12O2. The lowest BCUT2D eigenvalue weighted by molar-refractivity contribution is 0.0810. The van der Waals surface area contributed by atoms with E-state index in [2.05, 4.69) is 0 Å². The van der Waals surface area contributed by atoms with Crippen LogP contribution in [-0.4, -0.2) is 11.6 Å². The molecule has 0 saturated carbocycles. The van der Waals surface area contributed by atoms with E-state index >= 15 is 0 Å². The minimum absolute atomic E-state index is 0.102. The number of Topliss-reactive ketones (excluding diaryl/α,β-unsaturated/α-hetero) is 2. The van der Waals surface area contributed by atoms with Crippen LogP contribution in [0, 0.1) is 0 Å². The molecule has 0 heterocycles. The van der Waals surface area contributed by atoms with Gasteiger partial charge in [0.1, 0.15) is 5.41 Å². The van der Waals surface area contributed by atoms with Crippen LogP contribution >= 0.6 is 0 Å². The van der Waals surface area contributed by atoms with Crippen LogP contribution in [0.3, 0.4) is 0 Å². The molecule has 0 N–H and O–H groups in total. The van der Waals surface area contributed by atoms with Gasteiger partial charge in [0.25, 0.3) is 0 Å². The fourth-order valence-electron chi connectivity index (χ4n) is 2.55. The number of carbonyl (C=O) groups excluding carboxylic acids is 2. The van der Waals surface area contributed by atoms with Crippen LogP contribution in [0.2, 0.25) is 0 Å². The second-order valence-electron chi connectivity index (χ2n) is 4.69. The lowest BCUT2D eigenvalue weighted by Gasteiger charge is -2.20. The average molecular weight is 236 g/mol. The van der Waals surface area contributed by atoms with Gasteiger partial charge in [0, 0.05) is 11.1 Å². The summed E-state index contributed by atoms with van der Waals surface area (Å²) < 4.78 is 0. The van der Waals surface area contributed by atoms with Crippen molar-refractivity contribution in [2.45, 2.75) is 12.3 Å². The Labute approximate surface area is 105 Å². The third-order valence-electron chi connectivity index (χ3n) is 3.68. The number of fused-ring (bicyclic) bond motifs is 1. The van der Waals surface area contributed by atoms with Crippen LogP contribution in [0.1, 0.15) is 33.2 Å². The molecule has 88 valence electrons. The molecule has 3 rings (SSSR count). The Morgan fingerprint density at radius 3 is 1.67 bits per heavy atom. The standard InChI is InChI=1S/C16H12O2/c1-16(11-7-3-2-4-8-11)14(17)12-9-5-6-10-13(12)15(16)18/h2-10H,1H3. The van der Waals surface area contributed by atoms with Crippen molar-refractivity contribution in [3.63, 3.8) is 0 Å². The zero-order chi connectivity index (χ0) is 12.8. The van der Waals surface area contributed by atoms with E-state index in [4.69, 9.17) is 0 Å². The predicted octanol–water partition coefficient (Wildman–Crippen LogP) is 3.02. The summed E-state index contributed by atoms with van der Waals surface area (Å²) >= 11 is 0. The van der Waals surface area contributed by atoms with Crippen molar-refractivity contribution in [2.75, 3.05) is 0 Å². The number of carbonyl (C=O) groups is 2. The molecule has 0 aliphatic heterocycles. The molecule has 2 aromatic rings. The van der Waals surface area contributed by atoms with Crippen LogP contribution < -0.4 is 0 Å². The topological polar surface area (TPSA) is 34.1 Å². The monoisotopic (exact) mass is 236 g/mol. The Bertz CT molecular complexity index is 606. The summed E-state index contributed by atoms with van der Waals surface area (Å²) in [6, 6.07) is 16.3. The SMILES string of the molecule is CC1(c2ccccc2)C(=O)c2ccccc2C1=O. The zero-order valence-corrected chi connectivity index (χ0v) is 10.0. The van der Waals surface area contributed by atoms with E-state index in [9.17, 15) is 9.59 Å². The van der Waals surface area contributed by atoms with E-state index < -0.39 is 5.41 Å². The average Bonchev–Trinajstić information content (AvgIpc) is 2.64. The fraction of sp³-hybridized carbons (Fsp3) is 0.125. The molecule has 2 aromatic carbocycles. The molecular weight excluding hydrogens is 224 g/mol. The van der Waals surface area contributed by atoms with Crippen molar-refractivity contribution in [2.24, 2.45) is 0 Å². The summed E-state index contributed by atoms with van der Waals surface area (Å²) in [5.41, 5.74) is 0.768. The van der Waals surface area contributed by atoms with Crippen LogP contribution in [0.25, 0.3) is 0 Å². The first-order chi connectivity index (χ1) is 8.65. The van der Waals surface area contributed by atoms with Gasteiger partial charge >= 0.3 is 0 Å². The lowest BCUT2D eigenvalue weighted by atomic mass is 9.78. The van der Waals surface area contributed by atoms with Crippen molar-refractivity contribution in [1.82, 2.24) is 0 Å². The summed E-state index contributed by atoms with van der Waals surface area (Å²) in [4.78, 5) is 25.0. The van der Waals surface area contributed by atoms with Crippen molar-refractivity contribution in [3.05, 3.63) is 71.3 Å². The Morgan fingerprint density at radius 1 is 0.722 bits per heavy atom. The van der Waals surface area contributed by atoms with Crippen LogP contribution in [0.15, 0.2) is 54.6 Å². The molecule has 0 radical (unpaired) electrons. The van der Waals surface area contributed by atoms with Gasteiger partial charge in [0.15, 0.2) is 11.6 Å². The summed E-state index contributed by atoms with van der Waals surface area (Å²) in [5, 5.41) is 0. The first-order valence-electron chi connectivity index (χ1n) is 5.90. The lowest BCUT2D eigenvalue weighted by Crippen LogP contribution is -2.34. The smallest absolute Gasteiger partial charge is 0.181 e. The number of ketones is 2. The first-order valence-corrected chi connectivity index (χ1v) is 5.90. The molecule has 0 unspecified atom stereocenters. The maximum absolute atomic E-state index is 12.5. The maximum Gasteiger partial charge on any atom is 0.181 e. The molecule has 1 aliphatic rings. The van der Waals surface area contributed by atoms with Crippen LogP contribution in [0.4, 0.5) is 0 Å². The quantitative estimate of drug-likeness (QED) is 0.713. The Hall–Kier alpha value is -2.22. The highest BCUT2D eigenvalue weighted by molar-refractivity contribution is 6.32. The minimum atomic E-state index is -1.06. The van der Waals surface area contributed by atoms with Crippen molar-refractivity contribution in [1.29, 1.82) is 0 Å². The number of hydrogen-bond donors (Lipinski definition) is 0. The fourth-order valence-corrected chi connectivity index (χ4v) is 2.55. The minimum Gasteiger partial charge on any atom is -0.293 e. The number of hydrogen-bond acceptors (Lipinski definition) is 2. The third-order valence-corrected chi connectivity index (χ3v) is 3.68. The molecule has 0 spiro atoms. The summed E-state index contributed by atoms with van der Waals surface area (Å²) in [5.74, 6) is -0.205. The van der Waals surface area contributed by atoms with Crippen molar-refractivity contribution >= 4 is 11.6 Å². The molecule has 0 fully saturated rings. The molecule has 0 aromatic heterocycles. The highest BCUT2D eigenvalue weighted by atomic mass is 16.2. The summed E-state index contributed by atoms with van der Waals surface area (Å²) in [6.07, 6.45) is 0. The van der Waals surface area contributed by atoms with E-state index in [1.807, 2.05) is 30.3 Å². The number of benzene rings is 2. The van der Waals surface area contributed by atoms with Gasteiger partial charge in [-0.3, -0.25) is 9.59 Å². The van der Waals surface area contributed by atoms with Gasteiger partial charge in [-0.05, 0) is 12.5 Å². The Kier molecular flexibility index (Phi) is 2.20. The van der Waals surface area contributed by atoms with Gasteiger partial charge < -0.3 is 0 Å². The summed E-state index contributed by atoms with van der Waals surface area (Å²) in [6.45, 7) is 1.72. The highest BCUT2D eigenvalue weighted by Crippen LogP contribution is 2.39. The van der Waals surface area contributed by atoms with Gasteiger partial charge in [-0.2, -0.15) is 0 Å². The molecule has 0 atom stereocenters. The van der Waals surface area contributed by atoms with Gasteiger partial charge in [0.05, 0.1) is 0 Å². The Morgan fingerprint density at radius 2 is 1.17 bits per heavy atom. The largest absolute Gasteiger partial charge is 0.293 e. The van der Waals surface area contributed by atoms with Gasteiger partial charge in [-0.15, -0.1) is 0 Å². The molecule has 0 bridgehead atoms. The molecule has 2 nitrogen and oxygen atoms in total. The second-order valence-corrected chi connectivity index (χ2v) is 4.69. The first kappa shape index (κ1) is 10.9. The maximum atomic E-state index is 12.5. The van der Waals surface area contributed by atoms with E-state index in [1.165, 1.54) is 0 Å². The Balaban J connectivity index is 2.23. The molecule has 0 saturated heterocycles. The van der Waals surface area contributed by atoms with E-state index in [1.54, 1.807) is 31.2 Å². The van der Waals surface area contributed by atoms with Crippen LogP contribution in [0.5, 0.6) is 0 Å². The second kappa shape index (κ2) is 3.64. The summed E-state index contributed by atoms with van der Waals surface area (Å²) in [7, 11) is 0. The molecule has 0 amide bonds.